The van der Waals surface area contributed by atoms with Crippen LogP contribution in [0.1, 0.15) is 37.8 Å². The topological polar surface area (TPSA) is 71.5 Å². The zero-order valence-corrected chi connectivity index (χ0v) is 18.3. The van der Waals surface area contributed by atoms with Crippen molar-refractivity contribution in [3.05, 3.63) is 30.0 Å². The van der Waals surface area contributed by atoms with Crippen LogP contribution in [0.2, 0.25) is 0 Å². The minimum Gasteiger partial charge on any atom is -0.493 e. The Hall–Kier alpha value is -2.54. The largest absolute Gasteiger partial charge is 0.493 e. The van der Waals surface area contributed by atoms with Gasteiger partial charge in [-0.2, -0.15) is 4.98 Å². The lowest BCUT2D eigenvalue weighted by Crippen LogP contribution is -2.45. The highest BCUT2D eigenvalue weighted by molar-refractivity contribution is 5.60. The van der Waals surface area contributed by atoms with Gasteiger partial charge in [-0.05, 0) is 57.8 Å². The van der Waals surface area contributed by atoms with Crippen LogP contribution in [0.4, 0.5) is 17.5 Å². The van der Waals surface area contributed by atoms with Gasteiger partial charge in [-0.15, -0.1) is 0 Å². The van der Waals surface area contributed by atoms with Crippen LogP contribution in [0.3, 0.4) is 0 Å². The highest BCUT2D eigenvalue weighted by Gasteiger charge is 2.30. The van der Waals surface area contributed by atoms with E-state index in [0.29, 0.717) is 11.9 Å². The lowest BCUT2D eigenvalue weighted by atomic mass is 9.85. The average Bonchev–Trinajstić information content (AvgIpc) is 2.71. The fourth-order valence-electron chi connectivity index (χ4n) is 4.32. The fraction of sp³-hybridized carbons (Fsp3) is 0.565. The highest BCUT2D eigenvalue weighted by atomic mass is 16.5. The Bertz CT molecular complexity index is 855. The maximum absolute atomic E-state index is 6.56. The van der Waals surface area contributed by atoms with E-state index in [-0.39, 0.29) is 6.10 Å². The summed E-state index contributed by atoms with van der Waals surface area (Å²) in [6, 6.07) is 7.82. The molecule has 1 aromatic heterocycles. The van der Waals surface area contributed by atoms with Crippen LogP contribution in [0, 0.1) is 12.8 Å². The molecule has 0 radical (unpaired) electrons. The predicted octanol–water partition coefficient (Wildman–Crippen LogP) is 4.22. The second-order valence-electron chi connectivity index (χ2n) is 8.31. The molecular formula is C23H33N5O2. The maximum atomic E-state index is 6.56. The molecular weight excluding hydrogens is 378 g/mol. The second-order valence-corrected chi connectivity index (χ2v) is 8.31. The monoisotopic (exact) mass is 411 g/mol. The number of ether oxygens (including phenoxy) is 2. The molecule has 7 nitrogen and oxygen atoms in total. The Labute approximate surface area is 179 Å². The minimum atomic E-state index is 0.231. The number of anilines is 3. The summed E-state index contributed by atoms with van der Waals surface area (Å²) in [5.41, 5.74) is 1.78. The van der Waals surface area contributed by atoms with Crippen molar-refractivity contribution < 1.29 is 9.47 Å². The summed E-state index contributed by atoms with van der Waals surface area (Å²) >= 11 is 0. The molecule has 1 aromatic carbocycles. The van der Waals surface area contributed by atoms with Crippen LogP contribution in [-0.4, -0.2) is 54.8 Å². The predicted molar refractivity (Wildman–Crippen MR) is 120 cm³/mol. The van der Waals surface area contributed by atoms with Gasteiger partial charge >= 0.3 is 0 Å². The van der Waals surface area contributed by atoms with Crippen molar-refractivity contribution in [2.45, 2.75) is 45.1 Å². The third kappa shape index (κ3) is 4.95. The van der Waals surface area contributed by atoms with E-state index in [9.17, 15) is 0 Å². The third-order valence-corrected chi connectivity index (χ3v) is 6.09. The van der Waals surface area contributed by atoms with Crippen molar-refractivity contribution in [3.63, 3.8) is 0 Å². The first kappa shape index (κ1) is 20.7. The van der Waals surface area contributed by atoms with E-state index in [1.165, 1.54) is 38.8 Å². The van der Waals surface area contributed by atoms with Gasteiger partial charge in [-0.25, -0.2) is 4.98 Å². The fourth-order valence-corrected chi connectivity index (χ4v) is 4.32. The summed E-state index contributed by atoms with van der Waals surface area (Å²) in [4.78, 5) is 11.5. The Morgan fingerprint density at radius 3 is 2.63 bits per heavy atom. The summed E-state index contributed by atoms with van der Waals surface area (Å²) in [7, 11) is 3.54. The number of aryl methyl sites for hydroxylation is 1. The van der Waals surface area contributed by atoms with E-state index < -0.39 is 0 Å². The zero-order valence-electron chi connectivity index (χ0n) is 18.3. The van der Waals surface area contributed by atoms with Crippen LogP contribution in [0.5, 0.6) is 11.5 Å². The molecule has 1 saturated heterocycles. The molecule has 2 atom stereocenters. The molecule has 1 saturated carbocycles. The number of rotatable bonds is 8. The van der Waals surface area contributed by atoms with Gasteiger partial charge in [0.15, 0.2) is 11.5 Å². The number of hydrogen-bond donors (Lipinski definition) is 2. The molecule has 2 heterocycles. The van der Waals surface area contributed by atoms with Crippen molar-refractivity contribution >= 4 is 17.5 Å². The molecule has 2 N–H and O–H groups in total. The number of nitrogens with zero attached hydrogens (tertiary/aromatic N) is 3. The third-order valence-electron chi connectivity index (χ3n) is 6.09. The molecule has 1 aliphatic heterocycles. The molecule has 30 heavy (non-hydrogen) atoms. The molecule has 2 aromatic rings. The number of methoxy groups -OCH3 is 1. The van der Waals surface area contributed by atoms with Gasteiger partial charge < -0.3 is 25.0 Å². The first-order valence-electron chi connectivity index (χ1n) is 11.0. The minimum absolute atomic E-state index is 0.231. The van der Waals surface area contributed by atoms with Crippen LogP contribution < -0.4 is 20.1 Å². The lowest BCUT2D eigenvalue weighted by Gasteiger charge is -2.39. The first-order chi connectivity index (χ1) is 14.6. The zero-order chi connectivity index (χ0) is 20.9. The molecule has 2 aliphatic rings. The van der Waals surface area contributed by atoms with Crippen molar-refractivity contribution in [2.24, 2.45) is 5.92 Å². The van der Waals surface area contributed by atoms with Crippen molar-refractivity contribution in [1.29, 1.82) is 0 Å². The van der Waals surface area contributed by atoms with Gasteiger partial charge in [0.05, 0.1) is 7.11 Å². The van der Waals surface area contributed by atoms with Gasteiger partial charge in [0.25, 0.3) is 0 Å². The van der Waals surface area contributed by atoms with Crippen LogP contribution >= 0.6 is 0 Å². The van der Waals surface area contributed by atoms with E-state index in [2.05, 4.69) is 25.5 Å². The Morgan fingerprint density at radius 2 is 1.90 bits per heavy atom. The van der Waals surface area contributed by atoms with E-state index >= 15 is 0 Å². The normalized spacial score (nSPS) is 21.6. The van der Waals surface area contributed by atoms with E-state index in [1.54, 1.807) is 7.11 Å². The van der Waals surface area contributed by atoms with Gasteiger partial charge in [0.2, 0.25) is 5.95 Å². The van der Waals surface area contributed by atoms with E-state index in [4.69, 9.17) is 9.47 Å². The Kier molecular flexibility index (Phi) is 6.57. The van der Waals surface area contributed by atoms with E-state index in [1.807, 2.05) is 38.2 Å². The van der Waals surface area contributed by atoms with Crippen LogP contribution in [0.15, 0.2) is 24.3 Å². The van der Waals surface area contributed by atoms with Gasteiger partial charge in [-0.3, -0.25) is 0 Å². The number of hydrogen-bond acceptors (Lipinski definition) is 7. The smallest absolute Gasteiger partial charge is 0.229 e. The second kappa shape index (κ2) is 9.51. The standard InChI is InChI=1S/C23H33N5O2/c1-16-13-22(24-2)27-23(25-16)26-18-9-10-20(29-3)21(14-18)30-19-8-5-4-7-17(19)15-28-11-6-12-28/h9-10,13-14,17,19H,4-8,11-12,15H2,1-3H3,(H2,24,25,26,27)/t17-,19+/m0/s1. The number of likely N-dealkylation sites (tertiary alicyclic amines) is 1. The molecule has 0 spiro atoms. The van der Waals surface area contributed by atoms with Crippen molar-refractivity contribution in [2.75, 3.05) is 44.4 Å². The molecule has 162 valence electrons. The summed E-state index contributed by atoms with van der Waals surface area (Å²) in [6.45, 7) is 5.57. The SMILES string of the molecule is CNc1cc(C)nc(Nc2ccc(OC)c(O[C@@H]3CCCC[C@H]3CN3CCC3)c2)n1. The van der Waals surface area contributed by atoms with Gasteiger partial charge in [0, 0.05) is 43.0 Å². The van der Waals surface area contributed by atoms with Crippen LogP contribution in [0.25, 0.3) is 0 Å². The number of aromatic nitrogens is 2. The number of nitrogens with one attached hydrogen (secondary N) is 2. The highest BCUT2D eigenvalue weighted by Crippen LogP contribution is 2.36. The molecule has 7 heteroatoms. The maximum Gasteiger partial charge on any atom is 0.229 e. The summed E-state index contributed by atoms with van der Waals surface area (Å²) < 4.78 is 12.2. The quantitative estimate of drug-likeness (QED) is 0.674. The van der Waals surface area contributed by atoms with E-state index in [0.717, 1.165) is 41.7 Å². The Morgan fingerprint density at radius 1 is 1.07 bits per heavy atom. The molecule has 0 amide bonds. The summed E-state index contributed by atoms with van der Waals surface area (Å²) in [6.07, 6.45) is 6.43. The molecule has 0 bridgehead atoms. The Balaban J connectivity index is 1.51. The molecule has 1 aliphatic carbocycles. The van der Waals surface area contributed by atoms with Gasteiger partial charge in [-0.1, -0.05) is 6.42 Å². The average molecular weight is 412 g/mol. The van der Waals surface area contributed by atoms with Gasteiger partial charge in [0.1, 0.15) is 11.9 Å². The van der Waals surface area contributed by atoms with Crippen molar-refractivity contribution in [1.82, 2.24) is 14.9 Å². The van der Waals surface area contributed by atoms with Crippen LogP contribution in [-0.2, 0) is 0 Å². The molecule has 4 rings (SSSR count). The number of benzene rings is 1. The first-order valence-corrected chi connectivity index (χ1v) is 11.0. The summed E-state index contributed by atoms with van der Waals surface area (Å²) in [5.74, 6) is 3.47. The molecule has 2 fully saturated rings. The summed E-state index contributed by atoms with van der Waals surface area (Å²) in [5, 5.41) is 6.37. The molecule has 0 unspecified atom stereocenters. The lowest BCUT2D eigenvalue weighted by molar-refractivity contribution is 0.0464. The van der Waals surface area contributed by atoms with Crippen molar-refractivity contribution in [3.8, 4) is 11.5 Å².